The van der Waals surface area contributed by atoms with Crippen molar-refractivity contribution >= 4 is 6.03 Å². The predicted molar refractivity (Wildman–Crippen MR) is 47.6 cm³/mol. The molecular weight excluding hydrogens is 154 g/mol. The number of primary amides is 1. The maximum absolute atomic E-state index is 10.9. The number of hydrogen-bond acceptors (Lipinski definition) is 2. The molecule has 2 amide bonds. The molecule has 70 valence electrons. The topological polar surface area (TPSA) is 49.6 Å². The fourth-order valence-electron chi connectivity index (χ4n) is 1.69. The Balaban J connectivity index is 2.53. The van der Waals surface area contributed by atoms with Crippen LogP contribution >= 0.6 is 0 Å². The molecule has 0 saturated carbocycles. The van der Waals surface area contributed by atoms with Crippen molar-refractivity contribution in [3.63, 3.8) is 0 Å². The van der Waals surface area contributed by atoms with Crippen molar-refractivity contribution in [3.8, 4) is 0 Å². The van der Waals surface area contributed by atoms with Crippen molar-refractivity contribution in [2.75, 3.05) is 20.6 Å². The van der Waals surface area contributed by atoms with Crippen LogP contribution in [0.1, 0.15) is 19.3 Å². The molecule has 0 bridgehead atoms. The molecule has 0 aromatic heterocycles. The van der Waals surface area contributed by atoms with Gasteiger partial charge in [0.1, 0.15) is 0 Å². The van der Waals surface area contributed by atoms with Crippen molar-refractivity contribution < 1.29 is 4.79 Å². The first kappa shape index (κ1) is 9.32. The zero-order chi connectivity index (χ0) is 9.14. The van der Waals surface area contributed by atoms with Crippen molar-refractivity contribution in [2.24, 2.45) is 5.73 Å². The van der Waals surface area contributed by atoms with Gasteiger partial charge in [-0.3, -0.25) is 4.90 Å². The molecule has 4 nitrogen and oxygen atoms in total. The van der Waals surface area contributed by atoms with E-state index in [4.69, 9.17) is 5.73 Å². The van der Waals surface area contributed by atoms with E-state index in [0.29, 0.717) is 0 Å². The van der Waals surface area contributed by atoms with E-state index >= 15 is 0 Å². The van der Waals surface area contributed by atoms with Gasteiger partial charge in [-0.25, -0.2) is 4.79 Å². The number of rotatable bonds is 1. The van der Waals surface area contributed by atoms with E-state index in [1.54, 1.807) is 11.9 Å². The fraction of sp³-hybridized carbons (Fsp3) is 0.875. The van der Waals surface area contributed by atoms with E-state index < -0.39 is 0 Å². The Morgan fingerprint density at radius 3 is 2.75 bits per heavy atom. The highest BCUT2D eigenvalue weighted by molar-refractivity contribution is 5.71. The van der Waals surface area contributed by atoms with Crippen molar-refractivity contribution in [3.05, 3.63) is 0 Å². The molecule has 1 unspecified atom stereocenters. The molecule has 0 radical (unpaired) electrons. The molecule has 12 heavy (non-hydrogen) atoms. The second-order valence-corrected chi connectivity index (χ2v) is 3.41. The highest BCUT2D eigenvalue weighted by atomic mass is 16.2. The maximum Gasteiger partial charge on any atom is 0.315 e. The highest BCUT2D eigenvalue weighted by Gasteiger charge is 2.24. The monoisotopic (exact) mass is 171 g/mol. The summed E-state index contributed by atoms with van der Waals surface area (Å²) in [6.07, 6.45) is 3.65. The van der Waals surface area contributed by atoms with Gasteiger partial charge >= 0.3 is 6.03 Å². The Kier molecular flexibility index (Phi) is 2.92. The van der Waals surface area contributed by atoms with Crippen LogP contribution < -0.4 is 5.73 Å². The Morgan fingerprint density at radius 2 is 2.25 bits per heavy atom. The van der Waals surface area contributed by atoms with E-state index in [1.165, 1.54) is 12.8 Å². The molecule has 1 aliphatic rings. The Labute approximate surface area is 73.3 Å². The van der Waals surface area contributed by atoms with Gasteiger partial charge in [-0.05, 0) is 32.9 Å². The molecule has 1 saturated heterocycles. The molecule has 1 heterocycles. The third-order valence-electron chi connectivity index (χ3n) is 2.53. The van der Waals surface area contributed by atoms with Crippen LogP contribution in [0.15, 0.2) is 0 Å². The minimum absolute atomic E-state index is 0.205. The molecule has 4 heteroatoms. The predicted octanol–water partition coefficient (Wildman–Crippen LogP) is 0.439. The van der Waals surface area contributed by atoms with Gasteiger partial charge in [0.25, 0.3) is 0 Å². The summed E-state index contributed by atoms with van der Waals surface area (Å²) in [4.78, 5) is 14.7. The summed E-state index contributed by atoms with van der Waals surface area (Å²) in [6, 6.07) is -0.339. The molecule has 1 atom stereocenters. The smallest absolute Gasteiger partial charge is 0.315 e. The molecule has 0 aromatic carbocycles. The van der Waals surface area contributed by atoms with Crippen LogP contribution in [0.5, 0.6) is 0 Å². The number of nitrogens with zero attached hydrogens (tertiary/aromatic N) is 2. The van der Waals surface area contributed by atoms with Crippen LogP contribution in [-0.4, -0.2) is 42.6 Å². The van der Waals surface area contributed by atoms with Crippen molar-refractivity contribution in [2.45, 2.75) is 25.4 Å². The molecule has 0 spiro atoms. The van der Waals surface area contributed by atoms with Gasteiger partial charge in [-0.2, -0.15) is 0 Å². The lowest BCUT2D eigenvalue weighted by atomic mass is 10.1. The summed E-state index contributed by atoms with van der Waals surface area (Å²) < 4.78 is 0. The third kappa shape index (κ3) is 1.88. The molecule has 1 aliphatic heterocycles. The minimum atomic E-state index is -0.339. The summed E-state index contributed by atoms with van der Waals surface area (Å²) in [7, 11) is 3.79. The van der Waals surface area contributed by atoms with Gasteiger partial charge < -0.3 is 10.6 Å². The number of piperidine rings is 1. The van der Waals surface area contributed by atoms with E-state index in [1.807, 2.05) is 7.05 Å². The van der Waals surface area contributed by atoms with E-state index in [-0.39, 0.29) is 12.2 Å². The summed E-state index contributed by atoms with van der Waals surface area (Å²) >= 11 is 0. The molecule has 0 aliphatic carbocycles. The lowest BCUT2D eigenvalue weighted by molar-refractivity contribution is 0.0741. The third-order valence-corrected chi connectivity index (χ3v) is 2.53. The van der Waals surface area contributed by atoms with Crippen molar-refractivity contribution in [1.29, 1.82) is 0 Å². The van der Waals surface area contributed by atoms with E-state index in [9.17, 15) is 4.79 Å². The average molecular weight is 171 g/mol. The second kappa shape index (κ2) is 3.76. The Hall–Kier alpha value is -0.770. The standard InChI is InChI=1S/C8H17N3O/c1-10-6-4-3-5-7(10)11(2)8(9)12/h7H,3-6H2,1-2H3,(H2,9,12). The number of amides is 2. The van der Waals surface area contributed by atoms with Gasteiger partial charge in [-0.1, -0.05) is 0 Å². The highest BCUT2D eigenvalue weighted by Crippen LogP contribution is 2.16. The lowest BCUT2D eigenvalue weighted by Gasteiger charge is -2.37. The zero-order valence-corrected chi connectivity index (χ0v) is 7.79. The molecule has 2 N–H and O–H groups in total. The Bertz CT molecular complexity index is 172. The van der Waals surface area contributed by atoms with Gasteiger partial charge in [0.2, 0.25) is 0 Å². The van der Waals surface area contributed by atoms with Crippen LogP contribution in [0, 0.1) is 0 Å². The summed E-state index contributed by atoms with van der Waals surface area (Å²) in [5.41, 5.74) is 5.19. The minimum Gasteiger partial charge on any atom is -0.351 e. The molecule has 0 aromatic rings. The quantitative estimate of drug-likeness (QED) is 0.622. The van der Waals surface area contributed by atoms with Crippen LogP contribution in [-0.2, 0) is 0 Å². The van der Waals surface area contributed by atoms with E-state index in [0.717, 1.165) is 13.0 Å². The first-order valence-corrected chi connectivity index (χ1v) is 4.35. The summed E-state index contributed by atoms with van der Waals surface area (Å²) in [6.45, 7) is 1.06. The molecule has 1 rings (SSSR count). The molecular formula is C8H17N3O. The number of carbonyl (C=O) groups excluding carboxylic acids is 1. The fourth-order valence-corrected chi connectivity index (χ4v) is 1.69. The zero-order valence-electron chi connectivity index (χ0n) is 7.79. The van der Waals surface area contributed by atoms with Crippen LogP contribution in [0.2, 0.25) is 0 Å². The van der Waals surface area contributed by atoms with Crippen LogP contribution in [0.25, 0.3) is 0 Å². The SMILES string of the molecule is CN1CCCCC1N(C)C(N)=O. The number of carbonyl (C=O) groups is 1. The van der Waals surface area contributed by atoms with Gasteiger partial charge in [0, 0.05) is 7.05 Å². The first-order valence-electron chi connectivity index (χ1n) is 4.35. The summed E-state index contributed by atoms with van der Waals surface area (Å²) in [5, 5.41) is 0. The largest absolute Gasteiger partial charge is 0.351 e. The second-order valence-electron chi connectivity index (χ2n) is 3.41. The van der Waals surface area contributed by atoms with Crippen molar-refractivity contribution in [1.82, 2.24) is 9.80 Å². The number of hydrogen-bond donors (Lipinski definition) is 1. The summed E-state index contributed by atoms with van der Waals surface area (Å²) in [5.74, 6) is 0. The normalized spacial score (nSPS) is 25.3. The first-order chi connectivity index (χ1) is 5.63. The van der Waals surface area contributed by atoms with E-state index in [2.05, 4.69) is 4.90 Å². The van der Waals surface area contributed by atoms with Gasteiger partial charge in [-0.15, -0.1) is 0 Å². The molecule has 1 fully saturated rings. The van der Waals surface area contributed by atoms with Gasteiger partial charge in [0.05, 0.1) is 6.17 Å². The van der Waals surface area contributed by atoms with Crippen LogP contribution in [0.3, 0.4) is 0 Å². The number of nitrogens with two attached hydrogens (primary N) is 1. The van der Waals surface area contributed by atoms with Gasteiger partial charge in [0.15, 0.2) is 0 Å². The lowest BCUT2D eigenvalue weighted by Crippen LogP contribution is -2.51. The maximum atomic E-state index is 10.9. The van der Waals surface area contributed by atoms with Crippen LogP contribution in [0.4, 0.5) is 4.79 Å². The Morgan fingerprint density at radius 1 is 1.58 bits per heavy atom. The number of urea groups is 1. The average Bonchev–Trinajstić information content (AvgIpc) is 2.04. The number of likely N-dealkylation sites (tertiary alicyclic amines) is 1.